The lowest BCUT2D eigenvalue weighted by atomic mass is 10.1. The largest absolute Gasteiger partial charge is 0.480 e. The average molecular weight is 319 g/mol. The highest BCUT2D eigenvalue weighted by molar-refractivity contribution is 7.89. The van der Waals surface area contributed by atoms with Crippen molar-refractivity contribution in [2.75, 3.05) is 13.7 Å². The van der Waals surface area contributed by atoms with Crippen LogP contribution in [-0.2, 0) is 26.1 Å². The van der Waals surface area contributed by atoms with Crippen molar-refractivity contribution in [1.29, 1.82) is 0 Å². The summed E-state index contributed by atoms with van der Waals surface area (Å²) >= 11 is 0. The Balaban J connectivity index is 2.84. The number of methoxy groups -OCH3 is 1. The third-order valence-electron chi connectivity index (χ3n) is 2.75. The third-order valence-corrected chi connectivity index (χ3v) is 4.17. The minimum Gasteiger partial charge on any atom is -0.480 e. The average Bonchev–Trinajstić information content (AvgIpc) is 2.84. The number of carbonyl (C=O) groups is 1. The first-order chi connectivity index (χ1) is 9.76. The van der Waals surface area contributed by atoms with Gasteiger partial charge in [0.15, 0.2) is 0 Å². The van der Waals surface area contributed by atoms with E-state index in [2.05, 4.69) is 9.82 Å². The number of hydrogen-bond donors (Lipinski definition) is 2. The number of rotatable bonds is 9. The molecule has 1 aromatic heterocycles. The van der Waals surface area contributed by atoms with Crippen LogP contribution in [0, 0.1) is 5.92 Å². The fourth-order valence-electron chi connectivity index (χ4n) is 1.72. The van der Waals surface area contributed by atoms with Gasteiger partial charge in [-0.05, 0) is 12.3 Å². The monoisotopic (exact) mass is 319 g/mol. The number of carboxylic acid groups (broad SMARTS) is 1. The molecular weight excluding hydrogens is 298 g/mol. The summed E-state index contributed by atoms with van der Waals surface area (Å²) in [6, 6.07) is -1.16. The molecule has 0 aliphatic rings. The van der Waals surface area contributed by atoms with Crippen LogP contribution in [0.3, 0.4) is 0 Å². The predicted octanol–water partition coefficient (Wildman–Crippen LogP) is 0.307. The Hall–Kier alpha value is -1.45. The first kappa shape index (κ1) is 17.6. The van der Waals surface area contributed by atoms with E-state index in [4.69, 9.17) is 9.84 Å². The lowest BCUT2D eigenvalue weighted by Gasteiger charge is -2.15. The lowest BCUT2D eigenvalue weighted by Crippen LogP contribution is -2.41. The molecule has 1 unspecified atom stereocenters. The molecule has 2 N–H and O–H groups in total. The van der Waals surface area contributed by atoms with E-state index in [0.717, 1.165) is 0 Å². The summed E-state index contributed by atoms with van der Waals surface area (Å²) in [7, 11) is -2.38. The van der Waals surface area contributed by atoms with E-state index in [1.807, 2.05) is 13.8 Å². The number of nitrogens with one attached hydrogen (secondary N) is 1. The van der Waals surface area contributed by atoms with E-state index < -0.39 is 22.0 Å². The molecule has 1 heterocycles. The van der Waals surface area contributed by atoms with Crippen molar-refractivity contribution in [2.45, 2.75) is 37.8 Å². The number of sulfonamides is 1. The van der Waals surface area contributed by atoms with Gasteiger partial charge < -0.3 is 9.84 Å². The van der Waals surface area contributed by atoms with Gasteiger partial charge in [-0.1, -0.05) is 13.8 Å². The van der Waals surface area contributed by atoms with Gasteiger partial charge in [0.2, 0.25) is 10.0 Å². The number of ether oxygens (including phenoxy) is 1. The van der Waals surface area contributed by atoms with Crippen LogP contribution >= 0.6 is 0 Å². The molecule has 0 spiro atoms. The fraction of sp³-hybridized carbons (Fsp3) is 0.667. The molecule has 0 fully saturated rings. The summed E-state index contributed by atoms with van der Waals surface area (Å²) in [5.41, 5.74) is 0. The quantitative estimate of drug-likeness (QED) is 0.677. The Bertz CT molecular complexity index is 567. The second-order valence-electron chi connectivity index (χ2n) is 5.07. The number of nitrogens with zero attached hydrogens (tertiary/aromatic N) is 2. The Labute approximate surface area is 124 Å². The van der Waals surface area contributed by atoms with Crippen LogP contribution in [0.25, 0.3) is 0 Å². The highest BCUT2D eigenvalue weighted by atomic mass is 32.2. The van der Waals surface area contributed by atoms with Gasteiger partial charge >= 0.3 is 5.97 Å². The molecule has 0 saturated carbocycles. The Morgan fingerprint density at radius 1 is 1.52 bits per heavy atom. The van der Waals surface area contributed by atoms with E-state index in [1.165, 1.54) is 24.2 Å². The van der Waals surface area contributed by atoms with Crippen molar-refractivity contribution in [3.63, 3.8) is 0 Å². The molecule has 0 aliphatic carbocycles. The molecule has 8 nitrogen and oxygen atoms in total. The van der Waals surface area contributed by atoms with Gasteiger partial charge in [-0.25, -0.2) is 8.42 Å². The van der Waals surface area contributed by atoms with Gasteiger partial charge in [0.25, 0.3) is 0 Å². The molecule has 0 radical (unpaired) electrons. The third kappa shape index (κ3) is 5.44. The van der Waals surface area contributed by atoms with Crippen molar-refractivity contribution in [2.24, 2.45) is 5.92 Å². The van der Waals surface area contributed by atoms with E-state index in [1.54, 1.807) is 0 Å². The van der Waals surface area contributed by atoms with E-state index in [0.29, 0.717) is 13.2 Å². The van der Waals surface area contributed by atoms with Crippen LogP contribution in [0.1, 0.15) is 20.3 Å². The second-order valence-corrected chi connectivity index (χ2v) is 6.79. The van der Waals surface area contributed by atoms with E-state index >= 15 is 0 Å². The molecule has 0 amide bonds. The summed E-state index contributed by atoms with van der Waals surface area (Å²) in [6.07, 6.45) is 2.74. The Morgan fingerprint density at radius 2 is 2.19 bits per heavy atom. The highest BCUT2D eigenvalue weighted by Gasteiger charge is 2.27. The summed E-state index contributed by atoms with van der Waals surface area (Å²) in [6.45, 7) is 4.47. The molecule has 21 heavy (non-hydrogen) atoms. The number of aromatic nitrogens is 2. The van der Waals surface area contributed by atoms with Crippen molar-refractivity contribution < 1.29 is 23.1 Å². The van der Waals surface area contributed by atoms with Crippen LogP contribution < -0.4 is 4.72 Å². The second kappa shape index (κ2) is 7.53. The maximum atomic E-state index is 12.2. The lowest BCUT2D eigenvalue weighted by molar-refractivity contribution is -0.139. The van der Waals surface area contributed by atoms with Gasteiger partial charge in [-0.2, -0.15) is 9.82 Å². The Kier molecular flexibility index (Phi) is 6.31. The molecule has 0 aromatic carbocycles. The highest BCUT2D eigenvalue weighted by Crippen LogP contribution is 2.11. The van der Waals surface area contributed by atoms with Gasteiger partial charge in [0.1, 0.15) is 10.9 Å². The topological polar surface area (TPSA) is 111 Å². The molecule has 0 bridgehead atoms. The summed E-state index contributed by atoms with van der Waals surface area (Å²) < 4.78 is 32.8. The maximum absolute atomic E-state index is 12.2. The number of carboxylic acids is 1. The Morgan fingerprint density at radius 3 is 2.71 bits per heavy atom. The minimum absolute atomic E-state index is 0.0539. The zero-order valence-electron chi connectivity index (χ0n) is 12.3. The van der Waals surface area contributed by atoms with Crippen molar-refractivity contribution >= 4 is 16.0 Å². The van der Waals surface area contributed by atoms with Gasteiger partial charge in [0, 0.05) is 13.3 Å². The predicted molar refractivity (Wildman–Crippen MR) is 75.3 cm³/mol. The molecule has 0 saturated heterocycles. The van der Waals surface area contributed by atoms with Gasteiger partial charge in [-0.15, -0.1) is 0 Å². The van der Waals surface area contributed by atoms with Crippen molar-refractivity contribution in [3.05, 3.63) is 12.4 Å². The van der Waals surface area contributed by atoms with Crippen LogP contribution in [0.5, 0.6) is 0 Å². The van der Waals surface area contributed by atoms with E-state index in [9.17, 15) is 13.2 Å². The molecule has 1 rings (SSSR count). The van der Waals surface area contributed by atoms with Crippen LogP contribution in [0.2, 0.25) is 0 Å². The van der Waals surface area contributed by atoms with Crippen molar-refractivity contribution in [1.82, 2.24) is 14.5 Å². The van der Waals surface area contributed by atoms with Gasteiger partial charge in [-0.3, -0.25) is 9.48 Å². The zero-order valence-corrected chi connectivity index (χ0v) is 13.1. The van der Waals surface area contributed by atoms with E-state index in [-0.39, 0.29) is 17.2 Å². The minimum atomic E-state index is -3.91. The van der Waals surface area contributed by atoms with Crippen LogP contribution in [-0.4, -0.2) is 49.0 Å². The molecule has 1 atom stereocenters. The SMILES string of the molecule is COCCn1cc(S(=O)(=O)NC(CC(C)C)C(=O)O)cn1. The standard InChI is InChI=1S/C12H21N3O5S/c1-9(2)6-11(12(16)17)14-21(18,19)10-7-13-15(8-10)4-5-20-3/h7-9,11,14H,4-6H2,1-3H3,(H,16,17). The first-order valence-corrected chi connectivity index (χ1v) is 8.01. The molecule has 0 aliphatic heterocycles. The molecule has 120 valence electrons. The molecular formula is C12H21N3O5S. The smallest absolute Gasteiger partial charge is 0.321 e. The molecule has 9 heteroatoms. The summed E-state index contributed by atoms with van der Waals surface area (Å²) in [5, 5.41) is 13.0. The fourth-order valence-corrected chi connectivity index (χ4v) is 2.87. The normalized spacial score (nSPS) is 13.5. The van der Waals surface area contributed by atoms with Crippen molar-refractivity contribution in [3.8, 4) is 0 Å². The summed E-state index contributed by atoms with van der Waals surface area (Å²) in [4.78, 5) is 11.1. The number of aliphatic carboxylic acids is 1. The van der Waals surface area contributed by atoms with Crippen LogP contribution in [0.15, 0.2) is 17.3 Å². The number of hydrogen-bond acceptors (Lipinski definition) is 5. The zero-order chi connectivity index (χ0) is 16.0. The van der Waals surface area contributed by atoms with Gasteiger partial charge in [0.05, 0.1) is 19.3 Å². The van der Waals surface area contributed by atoms with Crippen LogP contribution in [0.4, 0.5) is 0 Å². The first-order valence-electron chi connectivity index (χ1n) is 6.52. The molecule has 1 aromatic rings. The summed E-state index contributed by atoms with van der Waals surface area (Å²) in [5.74, 6) is -1.14. The maximum Gasteiger partial charge on any atom is 0.321 e.